The van der Waals surface area contributed by atoms with Crippen molar-refractivity contribution in [2.45, 2.75) is 0 Å². The van der Waals surface area contributed by atoms with Gasteiger partial charge in [0.15, 0.2) is 6.61 Å². The molecule has 96 valence electrons. The first kappa shape index (κ1) is 11.3. The molecule has 0 saturated carbocycles. The molecule has 19 heavy (non-hydrogen) atoms. The van der Waals surface area contributed by atoms with Gasteiger partial charge >= 0.3 is 6.03 Å². The fourth-order valence-electron chi connectivity index (χ4n) is 1.73. The molecule has 7 nitrogen and oxygen atoms in total. The van der Waals surface area contributed by atoms with E-state index < -0.39 is 0 Å². The first-order valence-corrected chi connectivity index (χ1v) is 5.58. The van der Waals surface area contributed by atoms with Crippen molar-refractivity contribution in [3.63, 3.8) is 0 Å². The number of anilines is 2. The van der Waals surface area contributed by atoms with Crippen LogP contribution in [-0.2, 0) is 4.79 Å². The van der Waals surface area contributed by atoms with Crippen LogP contribution in [0.25, 0.3) is 0 Å². The molecule has 1 aliphatic rings. The largest absolute Gasteiger partial charge is 0.482 e. The number of hydrogen-bond donors (Lipinski definition) is 2. The van der Waals surface area contributed by atoms with E-state index in [1.165, 1.54) is 17.1 Å². The molecule has 0 aliphatic carbocycles. The minimum Gasteiger partial charge on any atom is -0.482 e. The maximum atomic E-state index is 11.8. The lowest BCUT2D eigenvalue weighted by molar-refractivity contribution is -0.118. The van der Waals surface area contributed by atoms with Gasteiger partial charge in [0.2, 0.25) is 0 Å². The number of fused-ring (bicyclic) bond motifs is 1. The van der Waals surface area contributed by atoms with Gasteiger partial charge < -0.3 is 15.4 Å². The van der Waals surface area contributed by atoms with Gasteiger partial charge in [-0.05, 0) is 18.2 Å². The number of rotatable bonds is 1. The van der Waals surface area contributed by atoms with E-state index >= 15 is 0 Å². The molecule has 1 aromatic heterocycles. The topological polar surface area (TPSA) is 85.2 Å². The Hall–Kier alpha value is -2.83. The smallest absolute Gasteiger partial charge is 0.331 e. The number of benzene rings is 1. The predicted octanol–water partition coefficient (Wildman–Crippen LogP) is 1.29. The predicted molar refractivity (Wildman–Crippen MR) is 67.2 cm³/mol. The van der Waals surface area contributed by atoms with E-state index in [0.717, 1.165) is 0 Å². The summed E-state index contributed by atoms with van der Waals surface area (Å²) in [7, 11) is 0. The zero-order valence-corrected chi connectivity index (χ0v) is 9.79. The van der Waals surface area contributed by atoms with Gasteiger partial charge in [0.05, 0.1) is 5.69 Å². The van der Waals surface area contributed by atoms with Crippen molar-refractivity contribution >= 4 is 23.3 Å². The molecule has 1 aliphatic heterocycles. The molecule has 7 heteroatoms. The van der Waals surface area contributed by atoms with Crippen LogP contribution >= 0.6 is 0 Å². The Morgan fingerprint density at radius 1 is 1.47 bits per heavy atom. The van der Waals surface area contributed by atoms with Crippen molar-refractivity contribution < 1.29 is 14.3 Å². The summed E-state index contributed by atoms with van der Waals surface area (Å²) in [4.78, 5) is 26.8. The molecule has 1 aromatic carbocycles. The van der Waals surface area contributed by atoms with Gasteiger partial charge in [-0.25, -0.2) is 9.78 Å². The van der Waals surface area contributed by atoms with Crippen LogP contribution in [0.1, 0.15) is 0 Å². The van der Waals surface area contributed by atoms with Crippen molar-refractivity contribution in [1.82, 2.24) is 9.55 Å². The molecule has 2 heterocycles. The normalized spacial score (nSPS) is 13.2. The number of carbonyl (C=O) groups excluding carboxylic acids is 2. The third-order valence-electron chi connectivity index (χ3n) is 2.60. The molecular formula is C12H10N4O3. The minimum absolute atomic E-state index is 0.00768. The quantitative estimate of drug-likeness (QED) is 0.807. The third-order valence-corrected chi connectivity index (χ3v) is 2.60. The summed E-state index contributed by atoms with van der Waals surface area (Å²) in [6, 6.07) is 4.70. The SMILES string of the molecule is O=C1COc2ccc(NC(=O)n3ccnc3)cc2N1. The summed E-state index contributed by atoms with van der Waals surface area (Å²) < 4.78 is 6.54. The minimum atomic E-state index is -0.333. The van der Waals surface area contributed by atoms with E-state index in [2.05, 4.69) is 15.6 Å². The van der Waals surface area contributed by atoms with E-state index in [9.17, 15) is 9.59 Å². The van der Waals surface area contributed by atoms with Crippen LogP contribution in [0.3, 0.4) is 0 Å². The van der Waals surface area contributed by atoms with Crippen molar-refractivity contribution in [3.05, 3.63) is 36.9 Å². The highest BCUT2D eigenvalue weighted by Crippen LogP contribution is 2.30. The van der Waals surface area contributed by atoms with Crippen LogP contribution in [-0.4, -0.2) is 28.1 Å². The average molecular weight is 258 g/mol. The second-order valence-corrected chi connectivity index (χ2v) is 3.95. The third kappa shape index (κ3) is 2.25. The van der Waals surface area contributed by atoms with Gasteiger partial charge in [-0.15, -0.1) is 0 Å². The van der Waals surface area contributed by atoms with Crippen molar-refractivity contribution in [1.29, 1.82) is 0 Å². The van der Waals surface area contributed by atoms with Crippen LogP contribution in [0.2, 0.25) is 0 Å². The number of amides is 2. The lowest BCUT2D eigenvalue weighted by Crippen LogP contribution is -2.25. The molecule has 0 fully saturated rings. The summed E-state index contributed by atoms with van der Waals surface area (Å²) in [5.74, 6) is 0.366. The Morgan fingerprint density at radius 3 is 3.16 bits per heavy atom. The van der Waals surface area contributed by atoms with Gasteiger partial charge in [-0.1, -0.05) is 0 Å². The molecule has 2 N–H and O–H groups in total. The van der Waals surface area contributed by atoms with Gasteiger partial charge in [0, 0.05) is 18.1 Å². The van der Waals surface area contributed by atoms with Crippen LogP contribution in [0.5, 0.6) is 5.75 Å². The van der Waals surface area contributed by atoms with Crippen molar-refractivity contribution in [3.8, 4) is 5.75 Å². The molecule has 0 radical (unpaired) electrons. The number of nitrogens with one attached hydrogen (secondary N) is 2. The molecule has 0 saturated heterocycles. The summed E-state index contributed by atoms with van der Waals surface area (Å²) in [5, 5.41) is 5.36. The number of hydrogen-bond acceptors (Lipinski definition) is 4. The first-order valence-electron chi connectivity index (χ1n) is 5.58. The molecule has 2 amide bonds. The Balaban J connectivity index is 1.81. The standard InChI is InChI=1S/C12H10N4O3/c17-11-6-19-10-2-1-8(5-9(10)15-11)14-12(18)16-4-3-13-7-16/h1-5,7H,6H2,(H,14,18)(H,15,17). The van der Waals surface area contributed by atoms with Crippen LogP contribution in [0, 0.1) is 0 Å². The molecule has 0 bridgehead atoms. The Kier molecular flexibility index (Phi) is 2.64. The summed E-state index contributed by atoms with van der Waals surface area (Å²) in [6.45, 7) is 0.00768. The van der Waals surface area contributed by atoms with Gasteiger partial charge in [0.25, 0.3) is 5.91 Å². The highest BCUT2D eigenvalue weighted by Gasteiger charge is 2.16. The van der Waals surface area contributed by atoms with E-state index in [4.69, 9.17) is 4.74 Å². The number of aromatic nitrogens is 2. The Labute approximate surface area is 108 Å². The molecule has 3 rings (SSSR count). The van der Waals surface area contributed by atoms with Crippen molar-refractivity contribution in [2.75, 3.05) is 17.2 Å². The van der Waals surface area contributed by atoms with Crippen LogP contribution in [0.15, 0.2) is 36.9 Å². The van der Waals surface area contributed by atoms with Gasteiger partial charge in [0.1, 0.15) is 12.1 Å². The highest BCUT2D eigenvalue weighted by molar-refractivity contribution is 5.97. The lowest BCUT2D eigenvalue weighted by Gasteiger charge is -2.18. The average Bonchev–Trinajstić information content (AvgIpc) is 2.92. The van der Waals surface area contributed by atoms with E-state index in [0.29, 0.717) is 17.1 Å². The summed E-state index contributed by atoms with van der Waals surface area (Å²) >= 11 is 0. The Morgan fingerprint density at radius 2 is 2.37 bits per heavy atom. The molecule has 0 atom stereocenters. The fraction of sp³-hybridized carbons (Fsp3) is 0.0833. The molecule has 2 aromatic rings. The second-order valence-electron chi connectivity index (χ2n) is 3.95. The van der Waals surface area contributed by atoms with E-state index in [1.54, 1.807) is 24.4 Å². The summed E-state index contributed by atoms with van der Waals surface area (Å²) in [5.41, 5.74) is 1.10. The zero-order chi connectivity index (χ0) is 13.2. The number of nitrogens with zero attached hydrogens (tertiary/aromatic N) is 2. The van der Waals surface area contributed by atoms with E-state index in [-0.39, 0.29) is 18.5 Å². The number of ether oxygens (including phenoxy) is 1. The van der Waals surface area contributed by atoms with Crippen molar-refractivity contribution in [2.24, 2.45) is 0 Å². The second kappa shape index (κ2) is 4.45. The molecule has 0 unspecified atom stereocenters. The van der Waals surface area contributed by atoms with Gasteiger partial charge in [-0.2, -0.15) is 0 Å². The first-order chi connectivity index (χ1) is 9.22. The van der Waals surface area contributed by atoms with Gasteiger partial charge in [-0.3, -0.25) is 9.36 Å². The van der Waals surface area contributed by atoms with Crippen LogP contribution in [0.4, 0.5) is 16.2 Å². The summed E-state index contributed by atoms with van der Waals surface area (Å²) in [6.07, 6.45) is 4.46. The zero-order valence-electron chi connectivity index (χ0n) is 9.79. The molecule has 0 spiro atoms. The maximum Gasteiger partial charge on any atom is 0.331 e. The molecular weight excluding hydrogens is 248 g/mol. The number of imidazole rings is 1. The monoisotopic (exact) mass is 258 g/mol. The maximum absolute atomic E-state index is 11.8. The lowest BCUT2D eigenvalue weighted by atomic mass is 10.2. The van der Waals surface area contributed by atoms with Crippen LogP contribution < -0.4 is 15.4 Å². The highest BCUT2D eigenvalue weighted by atomic mass is 16.5. The van der Waals surface area contributed by atoms with E-state index in [1.807, 2.05) is 0 Å². The number of carbonyl (C=O) groups is 2. The fourth-order valence-corrected chi connectivity index (χ4v) is 1.73. The Bertz CT molecular complexity index is 636.